The SMILES string of the molecule is CC1CCCC(CN=C(N)NC(C)(C)C)C1.I. The molecule has 17 heavy (non-hydrogen) atoms. The Kier molecular flexibility index (Phi) is 7.44. The Morgan fingerprint density at radius 2 is 2.00 bits per heavy atom. The van der Waals surface area contributed by atoms with Gasteiger partial charge in [-0.25, -0.2) is 0 Å². The molecule has 102 valence electrons. The van der Waals surface area contributed by atoms with Crippen molar-refractivity contribution >= 4 is 29.9 Å². The first-order valence-corrected chi connectivity index (χ1v) is 6.45. The monoisotopic (exact) mass is 353 g/mol. The average molecular weight is 353 g/mol. The van der Waals surface area contributed by atoms with Gasteiger partial charge in [-0.2, -0.15) is 0 Å². The van der Waals surface area contributed by atoms with Gasteiger partial charge < -0.3 is 11.1 Å². The van der Waals surface area contributed by atoms with Crippen LogP contribution in [0.2, 0.25) is 0 Å². The van der Waals surface area contributed by atoms with E-state index >= 15 is 0 Å². The molecule has 0 bridgehead atoms. The molecule has 4 heteroatoms. The van der Waals surface area contributed by atoms with E-state index in [2.05, 4.69) is 38.0 Å². The molecule has 0 aromatic heterocycles. The van der Waals surface area contributed by atoms with Crippen LogP contribution in [-0.4, -0.2) is 18.0 Å². The van der Waals surface area contributed by atoms with Crippen molar-refractivity contribution in [2.24, 2.45) is 22.6 Å². The van der Waals surface area contributed by atoms with Crippen LogP contribution in [-0.2, 0) is 0 Å². The Balaban J connectivity index is 0.00000256. The van der Waals surface area contributed by atoms with Crippen molar-refractivity contribution < 1.29 is 0 Å². The van der Waals surface area contributed by atoms with E-state index in [1.165, 1.54) is 25.7 Å². The van der Waals surface area contributed by atoms with Crippen LogP contribution in [0.25, 0.3) is 0 Å². The van der Waals surface area contributed by atoms with Crippen LogP contribution in [0.1, 0.15) is 53.4 Å². The Bertz CT molecular complexity index is 246. The van der Waals surface area contributed by atoms with E-state index in [9.17, 15) is 0 Å². The van der Waals surface area contributed by atoms with Gasteiger partial charge >= 0.3 is 0 Å². The van der Waals surface area contributed by atoms with Crippen molar-refractivity contribution in [2.45, 2.75) is 58.9 Å². The third kappa shape index (κ3) is 7.84. The normalized spacial score (nSPS) is 26.2. The molecule has 0 radical (unpaired) electrons. The van der Waals surface area contributed by atoms with Gasteiger partial charge in [0, 0.05) is 12.1 Å². The van der Waals surface area contributed by atoms with Gasteiger partial charge in [-0.05, 0) is 45.4 Å². The maximum atomic E-state index is 5.85. The van der Waals surface area contributed by atoms with E-state index in [0.717, 1.165) is 18.4 Å². The number of nitrogens with zero attached hydrogens (tertiary/aromatic N) is 1. The lowest BCUT2D eigenvalue weighted by Gasteiger charge is -2.26. The van der Waals surface area contributed by atoms with E-state index in [4.69, 9.17) is 5.73 Å². The third-order valence-electron chi connectivity index (χ3n) is 3.07. The van der Waals surface area contributed by atoms with Crippen molar-refractivity contribution in [1.82, 2.24) is 5.32 Å². The zero-order valence-electron chi connectivity index (χ0n) is 11.6. The second-order valence-electron chi connectivity index (χ2n) is 6.24. The number of guanidine groups is 1. The highest BCUT2D eigenvalue weighted by Gasteiger charge is 2.18. The molecule has 0 spiro atoms. The van der Waals surface area contributed by atoms with Crippen LogP contribution in [0.5, 0.6) is 0 Å². The molecule has 3 nitrogen and oxygen atoms in total. The van der Waals surface area contributed by atoms with Gasteiger partial charge in [0.1, 0.15) is 0 Å². The minimum atomic E-state index is 0. The van der Waals surface area contributed by atoms with Crippen LogP contribution in [0.15, 0.2) is 4.99 Å². The minimum absolute atomic E-state index is 0. The fourth-order valence-corrected chi connectivity index (χ4v) is 2.38. The summed E-state index contributed by atoms with van der Waals surface area (Å²) in [4.78, 5) is 4.45. The first kappa shape index (κ1) is 17.0. The summed E-state index contributed by atoms with van der Waals surface area (Å²) >= 11 is 0. The smallest absolute Gasteiger partial charge is 0.188 e. The predicted octanol–water partition coefficient (Wildman–Crippen LogP) is 3.13. The first-order valence-electron chi connectivity index (χ1n) is 6.45. The fraction of sp³-hybridized carbons (Fsp3) is 0.923. The average Bonchev–Trinajstić information content (AvgIpc) is 2.12. The van der Waals surface area contributed by atoms with Crippen LogP contribution < -0.4 is 11.1 Å². The lowest BCUT2D eigenvalue weighted by molar-refractivity contribution is 0.289. The summed E-state index contributed by atoms with van der Waals surface area (Å²) in [5.74, 6) is 2.19. The van der Waals surface area contributed by atoms with E-state index in [0.29, 0.717) is 5.96 Å². The number of nitrogens with one attached hydrogen (secondary N) is 1. The van der Waals surface area contributed by atoms with E-state index in [-0.39, 0.29) is 29.5 Å². The Labute approximate surface area is 123 Å². The quantitative estimate of drug-likeness (QED) is 0.455. The second kappa shape index (κ2) is 7.44. The van der Waals surface area contributed by atoms with E-state index in [1.54, 1.807) is 0 Å². The molecule has 0 heterocycles. The molecular weight excluding hydrogens is 325 g/mol. The van der Waals surface area contributed by atoms with E-state index < -0.39 is 0 Å². The number of halogens is 1. The topological polar surface area (TPSA) is 50.4 Å². The van der Waals surface area contributed by atoms with Gasteiger partial charge in [-0.15, -0.1) is 24.0 Å². The van der Waals surface area contributed by atoms with Crippen LogP contribution in [0, 0.1) is 11.8 Å². The molecule has 0 aromatic carbocycles. The van der Waals surface area contributed by atoms with Crippen molar-refractivity contribution in [1.29, 1.82) is 0 Å². The number of rotatable bonds is 2. The molecule has 0 aliphatic heterocycles. The van der Waals surface area contributed by atoms with E-state index in [1.807, 2.05) is 0 Å². The largest absolute Gasteiger partial charge is 0.370 e. The molecular formula is C13H28IN3. The molecule has 1 rings (SSSR count). The summed E-state index contributed by atoms with van der Waals surface area (Å²) in [6, 6.07) is 0. The summed E-state index contributed by atoms with van der Waals surface area (Å²) in [5, 5.41) is 3.20. The van der Waals surface area contributed by atoms with Gasteiger partial charge in [0.25, 0.3) is 0 Å². The fourth-order valence-electron chi connectivity index (χ4n) is 2.38. The highest BCUT2D eigenvalue weighted by atomic mass is 127. The lowest BCUT2D eigenvalue weighted by Crippen LogP contribution is -2.45. The second-order valence-corrected chi connectivity index (χ2v) is 6.24. The van der Waals surface area contributed by atoms with Crippen molar-refractivity contribution in [3.05, 3.63) is 0 Å². The molecule has 0 saturated heterocycles. The Hall–Kier alpha value is 0. The third-order valence-corrected chi connectivity index (χ3v) is 3.07. The number of aliphatic imine (C=N–C) groups is 1. The van der Waals surface area contributed by atoms with Gasteiger partial charge in [0.15, 0.2) is 5.96 Å². The number of hydrogen-bond donors (Lipinski definition) is 2. The standard InChI is InChI=1S/C13H27N3.HI/c1-10-6-5-7-11(8-10)9-15-12(14)16-13(2,3)4;/h10-11H,5-9H2,1-4H3,(H3,14,15,16);1H. The maximum Gasteiger partial charge on any atom is 0.188 e. The molecule has 2 unspecified atom stereocenters. The molecule has 2 atom stereocenters. The molecule has 1 fully saturated rings. The molecule has 3 N–H and O–H groups in total. The zero-order valence-corrected chi connectivity index (χ0v) is 14.0. The van der Waals surface area contributed by atoms with Gasteiger partial charge in [0.05, 0.1) is 0 Å². The Morgan fingerprint density at radius 1 is 1.35 bits per heavy atom. The summed E-state index contributed by atoms with van der Waals surface area (Å²) in [5.41, 5.74) is 5.86. The van der Waals surface area contributed by atoms with Crippen LogP contribution in [0.4, 0.5) is 0 Å². The van der Waals surface area contributed by atoms with Gasteiger partial charge in [-0.1, -0.05) is 19.8 Å². The maximum absolute atomic E-state index is 5.85. The van der Waals surface area contributed by atoms with Crippen molar-refractivity contribution in [2.75, 3.05) is 6.54 Å². The first-order chi connectivity index (χ1) is 7.37. The summed E-state index contributed by atoms with van der Waals surface area (Å²) in [7, 11) is 0. The van der Waals surface area contributed by atoms with Gasteiger partial charge in [0.2, 0.25) is 0 Å². The van der Waals surface area contributed by atoms with Crippen LogP contribution >= 0.6 is 24.0 Å². The van der Waals surface area contributed by atoms with Crippen LogP contribution in [0.3, 0.4) is 0 Å². The van der Waals surface area contributed by atoms with Gasteiger partial charge in [-0.3, -0.25) is 4.99 Å². The predicted molar refractivity (Wildman–Crippen MR) is 85.9 cm³/mol. The summed E-state index contributed by atoms with van der Waals surface area (Å²) in [6.45, 7) is 9.51. The van der Waals surface area contributed by atoms with Crippen molar-refractivity contribution in [3.8, 4) is 0 Å². The number of nitrogens with two attached hydrogens (primary N) is 1. The lowest BCUT2D eigenvalue weighted by atomic mass is 9.82. The highest BCUT2D eigenvalue weighted by Crippen LogP contribution is 2.28. The summed E-state index contributed by atoms with van der Waals surface area (Å²) < 4.78 is 0. The molecule has 1 saturated carbocycles. The molecule has 0 aromatic rings. The molecule has 1 aliphatic rings. The zero-order chi connectivity index (χ0) is 12.2. The summed E-state index contributed by atoms with van der Waals surface area (Å²) in [6.07, 6.45) is 5.37. The highest BCUT2D eigenvalue weighted by molar-refractivity contribution is 14.0. The minimum Gasteiger partial charge on any atom is -0.370 e. The number of hydrogen-bond acceptors (Lipinski definition) is 1. The van der Waals surface area contributed by atoms with Crippen molar-refractivity contribution in [3.63, 3.8) is 0 Å². The Morgan fingerprint density at radius 3 is 2.53 bits per heavy atom. The molecule has 1 aliphatic carbocycles. The molecule has 0 amide bonds.